The number of nitrogens with zero attached hydrogens (tertiary/aromatic N) is 2. The lowest BCUT2D eigenvalue weighted by Crippen LogP contribution is -2.56. The third-order valence-corrected chi connectivity index (χ3v) is 3.35. The maximum absolute atomic E-state index is 12.0. The normalized spacial score (nSPS) is 18.9. The number of esters is 1. The van der Waals surface area contributed by atoms with Gasteiger partial charge in [-0.05, 0) is 32.9 Å². The molecule has 0 aromatic rings. The zero-order chi connectivity index (χ0) is 16.0. The number of carbonyl (C=O) groups is 1. The van der Waals surface area contributed by atoms with Gasteiger partial charge in [-0.25, -0.2) is 4.79 Å². The number of carbonyl (C=O) groups excluding carboxylic acids is 1. The van der Waals surface area contributed by atoms with Gasteiger partial charge < -0.3 is 15.0 Å². The lowest BCUT2D eigenvalue weighted by molar-refractivity contribution is -0.136. The molecule has 0 aromatic carbocycles. The third kappa shape index (κ3) is 4.76. The Morgan fingerprint density at radius 1 is 1.48 bits per heavy atom. The SMILES string of the molecule is C=C(/C(=C\C=C(/C)C#N)C(=O)OC)N1CCNC(C)(C)C1. The van der Waals surface area contributed by atoms with E-state index >= 15 is 0 Å². The fraction of sp³-hybridized carbons (Fsp3) is 0.500. The number of nitrogens with one attached hydrogen (secondary N) is 1. The second kappa shape index (κ2) is 7.09. The van der Waals surface area contributed by atoms with Crippen LogP contribution in [0.4, 0.5) is 0 Å². The Morgan fingerprint density at radius 2 is 2.14 bits per heavy atom. The van der Waals surface area contributed by atoms with Crippen LogP contribution in [0.25, 0.3) is 0 Å². The third-order valence-electron chi connectivity index (χ3n) is 3.35. The zero-order valence-corrected chi connectivity index (χ0v) is 13.2. The molecule has 1 heterocycles. The number of hydrogen-bond donors (Lipinski definition) is 1. The summed E-state index contributed by atoms with van der Waals surface area (Å²) in [5.41, 5.74) is 1.48. The van der Waals surface area contributed by atoms with Gasteiger partial charge >= 0.3 is 5.97 Å². The number of hydrogen-bond acceptors (Lipinski definition) is 5. The molecule has 1 N–H and O–H groups in total. The van der Waals surface area contributed by atoms with Crippen molar-refractivity contribution in [3.8, 4) is 6.07 Å². The summed E-state index contributed by atoms with van der Waals surface area (Å²) in [5, 5.41) is 12.2. The fourth-order valence-corrected chi connectivity index (χ4v) is 2.18. The summed E-state index contributed by atoms with van der Waals surface area (Å²) in [6, 6.07) is 2.02. The van der Waals surface area contributed by atoms with Crippen molar-refractivity contribution in [3.63, 3.8) is 0 Å². The summed E-state index contributed by atoms with van der Waals surface area (Å²) < 4.78 is 4.82. The maximum atomic E-state index is 12.0. The Kier molecular flexibility index (Phi) is 5.74. The van der Waals surface area contributed by atoms with Crippen LogP contribution >= 0.6 is 0 Å². The molecule has 1 saturated heterocycles. The average Bonchev–Trinajstić information content (AvgIpc) is 2.45. The molecule has 0 unspecified atom stereocenters. The van der Waals surface area contributed by atoms with Gasteiger partial charge in [0.1, 0.15) is 0 Å². The molecule has 1 aliphatic heterocycles. The summed E-state index contributed by atoms with van der Waals surface area (Å²) >= 11 is 0. The highest BCUT2D eigenvalue weighted by molar-refractivity contribution is 5.93. The number of methoxy groups -OCH3 is 1. The molecule has 1 fully saturated rings. The molecule has 0 atom stereocenters. The lowest BCUT2D eigenvalue weighted by Gasteiger charge is -2.41. The van der Waals surface area contributed by atoms with E-state index < -0.39 is 5.97 Å². The van der Waals surface area contributed by atoms with Crippen molar-refractivity contribution >= 4 is 5.97 Å². The Balaban J connectivity index is 3.01. The van der Waals surface area contributed by atoms with Gasteiger partial charge in [0.05, 0.1) is 18.8 Å². The molecular weight excluding hydrogens is 266 g/mol. The van der Waals surface area contributed by atoms with Crippen molar-refractivity contribution in [1.82, 2.24) is 10.2 Å². The minimum absolute atomic E-state index is 0.0408. The van der Waals surface area contributed by atoms with Crippen LogP contribution in [-0.4, -0.2) is 43.2 Å². The smallest absolute Gasteiger partial charge is 0.339 e. The van der Waals surface area contributed by atoms with E-state index in [2.05, 4.69) is 30.6 Å². The molecule has 0 spiro atoms. The Morgan fingerprint density at radius 3 is 2.67 bits per heavy atom. The zero-order valence-electron chi connectivity index (χ0n) is 13.2. The summed E-state index contributed by atoms with van der Waals surface area (Å²) in [6.45, 7) is 12.3. The van der Waals surface area contributed by atoms with Crippen LogP contribution in [0.5, 0.6) is 0 Å². The first-order chi connectivity index (χ1) is 9.80. The maximum Gasteiger partial charge on any atom is 0.339 e. The van der Waals surface area contributed by atoms with Gasteiger partial charge in [0.15, 0.2) is 0 Å². The van der Waals surface area contributed by atoms with Crippen LogP contribution in [0.1, 0.15) is 20.8 Å². The average molecular weight is 289 g/mol. The van der Waals surface area contributed by atoms with Crippen LogP contribution in [0.15, 0.2) is 35.6 Å². The largest absolute Gasteiger partial charge is 0.465 e. The summed E-state index contributed by atoms with van der Waals surface area (Å²) in [5.74, 6) is -0.446. The van der Waals surface area contributed by atoms with E-state index in [0.717, 1.165) is 19.6 Å². The van der Waals surface area contributed by atoms with Gasteiger partial charge in [-0.3, -0.25) is 0 Å². The van der Waals surface area contributed by atoms with Gasteiger partial charge in [-0.2, -0.15) is 5.26 Å². The molecule has 0 radical (unpaired) electrons. The second-order valence-electron chi connectivity index (χ2n) is 5.71. The summed E-state index contributed by atoms with van der Waals surface area (Å²) in [4.78, 5) is 14.0. The molecule has 21 heavy (non-hydrogen) atoms. The first-order valence-corrected chi connectivity index (χ1v) is 6.87. The Hall–Kier alpha value is -2.06. The highest BCUT2D eigenvalue weighted by atomic mass is 16.5. The molecule has 1 rings (SSSR count). The van der Waals surface area contributed by atoms with Crippen LogP contribution in [0.3, 0.4) is 0 Å². The lowest BCUT2D eigenvalue weighted by atomic mass is 10.0. The van der Waals surface area contributed by atoms with E-state index in [1.807, 2.05) is 6.07 Å². The monoisotopic (exact) mass is 289 g/mol. The van der Waals surface area contributed by atoms with Gasteiger partial charge in [0, 0.05) is 36.4 Å². The van der Waals surface area contributed by atoms with Crippen LogP contribution < -0.4 is 5.32 Å². The van der Waals surface area contributed by atoms with Crippen molar-refractivity contribution in [2.45, 2.75) is 26.3 Å². The van der Waals surface area contributed by atoms with E-state index in [9.17, 15) is 4.79 Å². The Bertz CT molecular complexity index is 524. The van der Waals surface area contributed by atoms with Crippen molar-refractivity contribution in [2.24, 2.45) is 0 Å². The predicted octanol–water partition coefficient (Wildman–Crippen LogP) is 1.75. The summed E-state index contributed by atoms with van der Waals surface area (Å²) in [6.07, 6.45) is 3.20. The molecule has 5 nitrogen and oxygen atoms in total. The van der Waals surface area contributed by atoms with Crippen LogP contribution in [-0.2, 0) is 9.53 Å². The predicted molar refractivity (Wildman–Crippen MR) is 82.3 cm³/mol. The van der Waals surface area contributed by atoms with Gasteiger partial charge in [-0.15, -0.1) is 0 Å². The van der Waals surface area contributed by atoms with Gasteiger partial charge in [0.25, 0.3) is 0 Å². The summed E-state index contributed by atoms with van der Waals surface area (Å²) in [7, 11) is 1.34. The van der Waals surface area contributed by atoms with E-state index in [1.165, 1.54) is 7.11 Å². The van der Waals surface area contributed by atoms with Crippen molar-refractivity contribution in [3.05, 3.63) is 35.6 Å². The highest BCUT2D eigenvalue weighted by Gasteiger charge is 2.28. The molecule has 5 heteroatoms. The number of piperazine rings is 1. The molecule has 1 aliphatic rings. The molecule has 0 saturated carbocycles. The standard InChI is InChI=1S/C16H23N3O2/c1-12(10-17)6-7-14(15(20)21-5)13(2)19-9-8-18-16(3,4)11-19/h6-7,18H,2,8-9,11H2,1,3-5H3/b12-6+,14-7+. The first kappa shape index (κ1) is 17.0. The molecule has 0 bridgehead atoms. The van der Waals surface area contributed by atoms with Crippen molar-refractivity contribution < 1.29 is 9.53 Å². The van der Waals surface area contributed by atoms with Crippen molar-refractivity contribution in [1.29, 1.82) is 5.26 Å². The van der Waals surface area contributed by atoms with Gasteiger partial charge in [-0.1, -0.05) is 6.58 Å². The number of nitriles is 1. The van der Waals surface area contributed by atoms with Crippen LogP contribution in [0, 0.1) is 11.3 Å². The van der Waals surface area contributed by atoms with Gasteiger partial charge in [0.2, 0.25) is 0 Å². The number of rotatable bonds is 4. The first-order valence-electron chi connectivity index (χ1n) is 6.87. The molecule has 114 valence electrons. The van der Waals surface area contributed by atoms with E-state index in [0.29, 0.717) is 16.8 Å². The molecule has 0 amide bonds. The highest BCUT2D eigenvalue weighted by Crippen LogP contribution is 2.20. The van der Waals surface area contributed by atoms with Crippen molar-refractivity contribution in [2.75, 3.05) is 26.7 Å². The Labute approximate surface area is 126 Å². The quantitative estimate of drug-likeness (QED) is 0.370. The molecular formula is C16H23N3O2. The molecule has 0 aromatic heterocycles. The fourth-order valence-electron chi connectivity index (χ4n) is 2.18. The number of allylic oxidation sites excluding steroid dienone is 3. The van der Waals surface area contributed by atoms with E-state index in [1.54, 1.807) is 19.1 Å². The topological polar surface area (TPSA) is 65.4 Å². The van der Waals surface area contributed by atoms with Crippen LogP contribution in [0.2, 0.25) is 0 Å². The minimum atomic E-state index is -0.446. The van der Waals surface area contributed by atoms with E-state index in [-0.39, 0.29) is 5.54 Å². The van der Waals surface area contributed by atoms with E-state index in [4.69, 9.17) is 10.00 Å². The minimum Gasteiger partial charge on any atom is -0.465 e. The molecule has 0 aliphatic carbocycles. The second-order valence-corrected chi connectivity index (χ2v) is 5.71. The number of ether oxygens (including phenoxy) is 1.